The lowest BCUT2D eigenvalue weighted by Crippen LogP contribution is -2.33. The zero-order chi connectivity index (χ0) is 17.5. The first kappa shape index (κ1) is 16.7. The minimum Gasteiger partial charge on any atom is -0.481 e. The molecule has 0 fully saturated rings. The molecule has 0 aliphatic rings. The van der Waals surface area contributed by atoms with Crippen LogP contribution < -0.4 is 10.2 Å². The summed E-state index contributed by atoms with van der Waals surface area (Å²) in [5.74, 6) is -0.373. The predicted octanol–water partition coefficient (Wildman–Crippen LogP) is 1.98. The summed E-state index contributed by atoms with van der Waals surface area (Å²) in [5, 5.41) is 22.8. The number of hydrogen-bond acceptors (Lipinski definition) is 7. The van der Waals surface area contributed by atoms with Crippen LogP contribution in [0.4, 0.5) is 5.88 Å². The first-order valence-corrected chi connectivity index (χ1v) is 6.73. The zero-order valence-electron chi connectivity index (χ0n) is 12.5. The quantitative estimate of drug-likeness (QED) is 0.490. The van der Waals surface area contributed by atoms with Crippen molar-refractivity contribution in [3.8, 4) is 11.8 Å². The van der Waals surface area contributed by atoms with Gasteiger partial charge in [-0.05, 0) is 37.3 Å². The molecule has 1 amide bonds. The van der Waals surface area contributed by atoms with Crippen LogP contribution in [0.3, 0.4) is 0 Å². The van der Waals surface area contributed by atoms with Gasteiger partial charge in [0, 0.05) is 0 Å². The van der Waals surface area contributed by atoms with Crippen molar-refractivity contribution in [3.05, 3.63) is 57.8 Å². The highest BCUT2D eigenvalue weighted by molar-refractivity contribution is 5.83. The number of rotatable bonds is 6. The minimum absolute atomic E-state index is 0.127. The van der Waals surface area contributed by atoms with Gasteiger partial charge in [0.15, 0.2) is 11.9 Å². The molecule has 0 saturated heterocycles. The first-order chi connectivity index (χ1) is 11.5. The highest BCUT2D eigenvalue weighted by atomic mass is 16.6. The molecule has 122 valence electrons. The maximum absolute atomic E-state index is 11.8. The Hall–Kier alpha value is -3.67. The average molecular weight is 328 g/mol. The molecule has 0 aliphatic heterocycles. The van der Waals surface area contributed by atoms with Crippen molar-refractivity contribution in [1.29, 1.82) is 5.26 Å². The third kappa shape index (κ3) is 4.41. The van der Waals surface area contributed by atoms with Crippen LogP contribution in [0.1, 0.15) is 18.2 Å². The Labute approximate surface area is 136 Å². The number of nitro groups is 1. The topological polar surface area (TPSA) is 131 Å². The van der Waals surface area contributed by atoms with Gasteiger partial charge in [-0.2, -0.15) is 10.4 Å². The van der Waals surface area contributed by atoms with Crippen molar-refractivity contribution in [2.45, 2.75) is 13.0 Å². The Morgan fingerprint density at radius 1 is 1.42 bits per heavy atom. The van der Waals surface area contributed by atoms with E-state index in [4.69, 9.17) is 14.4 Å². The smallest absolute Gasteiger partial charge is 0.433 e. The molecule has 1 heterocycles. The molecular formula is C15H12N4O5. The number of nitrogens with one attached hydrogen (secondary N) is 1. The molecule has 2 rings (SSSR count). The van der Waals surface area contributed by atoms with Gasteiger partial charge in [0.05, 0.1) is 23.9 Å². The van der Waals surface area contributed by atoms with Crippen molar-refractivity contribution in [2.24, 2.45) is 5.10 Å². The summed E-state index contributed by atoms with van der Waals surface area (Å²) < 4.78 is 10.3. The second kappa shape index (κ2) is 7.55. The van der Waals surface area contributed by atoms with Crippen LogP contribution in [-0.4, -0.2) is 23.1 Å². The highest BCUT2D eigenvalue weighted by Gasteiger charge is 2.14. The normalized spacial score (nSPS) is 11.7. The van der Waals surface area contributed by atoms with Gasteiger partial charge in [-0.15, -0.1) is 0 Å². The fraction of sp³-hybridized carbons (Fsp3) is 0.133. The van der Waals surface area contributed by atoms with Gasteiger partial charge in [-0.3, -0.25) is 14.9 Å². The number of hydrogen-bond donors (Lipinski definition) is 1. The molecule has 9 heteroatoms. The van der Waals surface area contributed by atoms with Gasteiger partial charge in [-0.25, -0.2) is 5.43 Å². The summed E-state index contributed by atoms with van der Waals surface area (Å²) in [6, 6.07) is 10.8. The fourth-order valence-electron chi connectivity index (χ4n) is 1.63. The first-order valence-electron chi connectivity index (χ1n) is 6.73. The van der Waals surface area contributed by atoms with Crippen LogP contribution in [0.25, 0.3) is 0 Å². The number of ether oxygens (including phenoxy) is 1. The maximum atomic E-state index is 11.8. The van der Waals surface area contributed by atoms with E-state index >= 15 is 0 Å². The zero-order valence-corrected chi connectivity index (χ0v) is 12.5. The van der Waals surface area contributed by atoms with Crippen molar-refractivity contribution < 1.29 is 18.9 Å². The third-order valence-corrected chi connectivity index (χ3v) is 2.82. The molecule has 0 aliphatic carbocycles. The van der Waals surface area contributed by atoms with Crippen molar-refractivity contribution >= 4 is 18.0 Å². The van der Waals surface area contributed by atoms with Gasteiger partial charge in [-0.1, -0.05) is 0 Å². The number of carbonyl (C=O) groups is 1. The number of carbonyl (C=O) groups excluding carboxylic acids is 1. The summed E-state index contributed by atoms with van der Waals surface area (Å²) in [6.07, 6.45) is 0.306. The standard InChI is InChI=1S/C15H12N4O5/c1-10(23-12-4-2-11(8-16)3-5-12)15(20)18-17-9-13-6-7-14(24-13)19(21)22/h2-7,9-10H,1H3,(H,18,20)/b17-9-/t10-/m1/s1. The molecule has 0 spiro atoms. The Balaban J connectivity index is 1.87. The van der Waals surface area contributed by atoms with Crippen LogP contribution in [-0.2, 0) is 4.79 Å². The van der Waals surface area contributed by atoms with E-state index in [0.717, 1.165) is 6.21 Å². The molecule has 1 aromatic carbocycles. The molecule has 1 atom stereocenters. The molecule has 24 heavy (non-hydrogen) atoms. The lowest BCUT2D eigenvalue weighted by molar-refractivity contribution is -0.402. The molecule has 1 N–H and O–H groups in total. The number of furan rings is 1. The third-order valence-electron chi connectivity index (χ3n) is 2.82. The Morgan fingerprint density at radius 2 is 2.12 bits per heavy atom. The van der Waals surface area contributed by atoms with E-state index < -0.39 is 22.8 Å². The molecule has 0 radical (unpaired) electrons. The van der Waals surface area contributed by atoms with Crippen molar-refractivity contribution in [2.75, 3.05) is 0 Å². The van der Waals surface area contributed by atoms with Gasteiger partial charge in [0.2, 0.25) is 0 Å². The largest absolute Gasteiger partial charge is 0.481 e. The van der Waals surface area contributed by atoms with Crippen molar-refractivity contribution in [3.63, 3.8) is 0 Å². The average Bonchev–Trinajstić information content (AvgIpc) is 3.04. The highest BCUT2D eigenvalue weighted by Crippen LogP contribution is 2.14. The van der Waals surface area contributed by atoms with Gasteiger partial charge in [0.25, 0.3) is 5.91 Å². The fourth-order valence-corrected chi connectivity index (χ4v) is 1.63. The minimum atomic E-state index is -0.832. The van der Waals surface area contributed by atoms with Crippen LogP contribution in [0, 0.1) is 21.4 Å². The summed E-state index contributed by atoms with van der Waals surface area (Å²) in [7, 11) is 0. The molecule has 0 unspecified atom stereocenters. The van der Waals surface area contributed by atoms with Crippen molar-refractivity contribution in [1.82, 2.24) is 5.43 Å². The van der Waals surface area contributed by atoms with Gasteiger partial charge >= 0.3 is 5.88 Å². The molecule has 9 nitrogen and oxygen atoms in total. The second-order valence-electron chi connectivity index (χ2n) is 4.56. The van der Waals surface area contributed by atoms with Gasteiger partial charge in [0.1, 0.15) is 10.7 Å². The Kier molecular flexibility index (Phi) is 5.25. The van der Waals surface area contributed by atoms with E-state index in [-0.39, 0.29) is 5.76 Å². The monoisotopic (exact) mass is 328 g/mol. The number of nitriles is 1. The molecule has 2 aromatic rings. The molecule has 0 bridgehead atoms. The molecule has 0 saturated carbocycles. The van der Waals surface area contributed by atoms with E-state index in [0.29, 0.717) is 11.3 Å². The number of amides is 1. The van der Waals surface area contributed by atoms with E-state index in [1.165, 1.54) is 19.1 Å². The SMILES string of the molecule is C[C@@H](Oc1ccc(C#N)cc1)C(=O)N/N=C\c1ccc([N+](=O)[O-])o1. The lowest BCUT2D eigenvalue weighted by atomic mass is 10.2. The summed E-state index contributed by atoms with van der Waals surface area (Å²) in [6.45, 7) is 1.53. The second-order valence-corrected chi connectivity index (χ2v) is 4.56. The van der Waals surface area contributed by atoms with E-state index in [2.05, 4.69) is 10.5 Å². The number of nitrogens with zero attached hydrogens (tertiary/aromatic N) is 3. The van der Waals surface area contributed by atoms with E-state index in [1.54, 1.807) is 24.3 Å². The number of benzene rings is 1. The summed E-state index contributed by atoms with van der Waals surface area (Å²) in [4.78, 5) is 21.6. The predicted molar refractivity (Wildman–Crippen MR) is 82.3 cm³/mol. The number of hydrazone groups is 1. The van der Waals surface area contributed by atoms with Gasteiger partial charge < -0.3 is 9.15 Å². The van der Waals surface area contributed by atoms with E-state index in [1.807, 2.05) is 6.07 Å². The summed E-state index contributed by atoms with van der Waals surface area (Å²) >= 11 is 0. The lowest BCUT2D eigenvalue weighted by Gasteiger charge is -2.12. The molecular weight excluding hydrogens is 316 g/mol. The Morgan fingerprint density at radius 3 is 2.71 bits per heavy atom. The molecule has 1 aromatic heterocycles. The van der Waals surface area contributed by atoms with Crippen LogP contribution in [0.15, 0.2) is 45.9 Å². The maximum Gasteiger partial charge on any atom is 0.433 e. The van der Waals surface area contributed by atoms with Crippen LogP contribution in [0.5, 0.6) is 5.75 Å². The summed E-state index contributed by atoms with van der Waals surface area (Å²) in [5.41, 5.74) is 2.72. The van der Waals surface area contributed by atoms with Crippen LogP contribution in [0.2, 0.25) is 0 Å². The Bertz CT molecular complexity index is 804. The van der Waals surface area contributed by atoms with Crippen LogP contribution >= 0.6 is 0 Å². The van der Waals surface area contributed by atoms with E-state index in [9.17, 15) is 14.9 Å².